The minimum Gasteiger partial charge on any atom is -0.444 e. The fourth-order valence-electron chi connectivity index (χ4n) is 3.95. The Hall–Kier alpha value is -3.43. The highest BCUT2D eigenvalue weighted by molar-refractivity contribution is 5.76. The van der Waals surface area contributed by atoms with Crippen molar-refractivity contribution in [3.63, 3.8) is 0 Å². The van der Waals surface area contributed by atoms with Crippen LogP contribution in [0.5, 0.6) is 0 Å². The lowest BCUT2D eigenvalue weighted by atomic mass is 10.0. The van der Waals surface area contributed by atoms with Gasteiger partial charge in [0, 0.05) is 43.0 Å². The second kappa shape index (κ2) is 8.13. The number of nitro groups is 1. The standard InChI is InChI=1S/C20H23N5O5/c1-14-12-24(20(27)30-14)16-6-9-22(10-7-16)19(26)13-23-11-8-18(21-23)15-2-4-17(5-3-15)25(28)29/h2-5,8,11,14,16H,6-7,9-10,12-13H2,1H3. The van der Waals surface area contributed by atoms with Gasteiger partial charge in [-0.25, -0.2) is 4.79 Å². The summed E-state index contributed by atoms with van der Waals surface area (Å²) >= 11 is 0. The molecule has 0 aliphatic carbocycles. The van der Waals surface area contributed by atoms with Crippen LogP contribution in [0.1, 0.15) is 19.8 Å². The molecule has 10 nitrogen and oxygen atoms in total. The van der Waals surface area contributed by atoms with E-state index < -0.39 is 4.92 Å². The molecule has 2 aromatic rings. The molecular weight excluding hydrogens is 390 g/mol. The smallest absolute Gasteiger partial charge is 0.410 e. The van der Waals surface area contributed by atoms with E-state index in [0.29, 0.717) is 25.3 Å². The predicted octanol–water partition coefficient (Wildman–Crippen LogP) is 2.29. The van der Waals surface area contributed by atoms with Crippen molar-refractivity contribution in [1.82, 2.24) is 19.6 Å². The van der Waals surface area contributed by atoms with Gasteiger partial charge < -0.3 is 14.5 Å². The van der Waals surface area contributed by atoms with Crippen LogP contribution in [-0.2, 0) is 16.1 Å². The number of piperidine rings is 1. The molecule has 2 aliphatic rings. The van der Waals surface area contributed by atoms with Crippen molar-refractivity contribution in [1.29, 1.82) is 0 Å². The number of aromatic nitrogens is 2. The predicted molar refractivity (Wildman–Crippen MR) is 107 cm³/mol. The monoisotopic (exact) mass is 413 g/mol. The third kappa shape index (κ3) is 4.12. The van der Waals surface area contributed by atoms with Gasteiger partial charge in [0.25, 0.3) is 5.69 Å². The summed E-state index contributed by atoms with van der Waals surface area (Å²) in [5.41, 5.74) is 1.42. The first-order valence-electron chi connectivity index (χ1n) is 9.94. The second-order valence-electron chi connectivity index (χ2n) is 7.66. The van der Waals surface area contributed by atoms with Gasteiger partial charge in [-0.2, -0.15) is 5.10 Å². The van der Waals surface area contributed by atoms with E-state index in [1.165, 1.54) is 12.1 Å². The van der Waals surface area contributed by atoms with Crippen LogP contribution < -0.4 is 0 Å². The van der Waals surface area contributed by atoms with Crippen molar-refractivity contribution in [3.8, 4) is 11.3 Å². The number of nitrogens with zero attached hydrogens (tertiary/aromatic N) is 5. The fraction of sp³-hybridized carbons (Fsp3) is 0.450. The van der Waals surface area contributed by atoms with Crippen LogP contribution >= 0.6 is 0 Å². The van der Waals surface area contributed by atoms with Gasteiger partial charge in [-0.1, -0.05) is 0 Å². The van der Waals surface area contributed by atoms with Gasteiger partial charge in [-0.15, -0.1) is 0 Å². The third-order valence-corrected chi connectivity index (χ3v) is 5.56. The SMILES string of the molecule is CC1CN(C2CCN(C(=O)Cn3ccc(-c4ccc([N+](=O)[O-])cc4)n3)CC2)C(=O)O1. The number of carbonyl (C=O) groups excluding carboxylic acids is 2. The minimum atomic E-state index is -0.447. The van der Waals surface area contributed by atoms with E-state index in [-0.39, 0.29) is 36.4 Å². The number of ether oxygens (including phenoxy) is 1. The molecule has 0 spiro atoms. The van der Waals surface area contributed by atoms with Gasteiger partial charge in [0.05, 0.1) is 17.2 Å². The lowest BCUT2D eigenvalue weighted by Gasteiger charge is -2.35. The molecule has 1 atom stereocenters. The number of non-ortho nitro benzene ring substituents is 1. The van der Waals surface area contributed by atoms with E-state index in [9.17, 15) is 19.7 Å². The minimum absolute atomic E-state index is 0.0217. The van der Waals surface area contributed by atoms with Crippen LogP contribution in [0.3, 0.4) is 0 Å². The fourth-order valence-corrected chi connectivity index (χ4v) is 3.95. The summed E-state index contributed by atoms with van der Waals surface area (Å²) in [7, 11) is 0. The molecule has 0 N–H and O–H groups in total. The van der Waals surface area contributed by atoms with Crippen molar-refractivity contribution in [2.45, 2.75) is 38.5 Å². The van der Waals surface area contributed by atoms with Gasteiger partial charge in [-0.3, -0.25) is 19.6 Å². The molecule has 10 heteroatoms. The normalized spacial score (nSPS) is 19.8. The molecule has 2 fully saturated rings. The zero-order valence-corrected chi connectivity index (χ0v) is 16.6. The highest BCUT2D eigenvalue weighted by atomic mass is 16.6. The molecule has 158 valence electrons. The average molecular weight is 413 g/mol. The lowest BCUT2D eigenvalue weighted by molar-refractivity contribution is -0.384. The van der Waals surface area contributed by atoms with Crippen LogP contribution in [0.2, 0.25) is 0 Å². The first-order valence-corrected chi connectivity index (χ1v) is 9.94. The van der Waals surface area contributed by atoms with E-state index >= 15 is 0 Å². The number of likely N-dealkylation sites (tertiary alicyclic amines) is 1. The quantitative estimate of drug-likeness (QED) is 0.549. The molecular formula is C20H23N5O5. The Morgan fingerprint density at radius 3 is 2.53 bits per heavy atom. The van der Waals surface area contributed by atoms with E-state index in [1.54, 1.807) is 38.9 Å². The molecule has 0 radical (unpaired) electrons. The Bertz CT molecular complexity index is 949. The molecule has 30 heavy (non-hydrogen) atoms. The van der Waals surface area contributed by atoms with Gasteiger partial charge in [0.15, 0.2) is 0 Å². The Balaban J connectivity index is 1.32. The van der Waals surface area contributed by atoms with Crippen molar-refractivity contribution in [3.05, 3.63) is 46.6 Å². The van der Waals surface area contributed by atoms with Crippen molar-refractivity contribution >= 4 is 17.7 Å². The van der Waals surface area contributed by atoms with E-state index in [1.807, 2.05) is 6.92 Å². The van der Waals surface area contributed by atoms with E-state index in [2.05, 4.69) is 5.10 Å². The molecule has 2 aliphatic heterocycles. The number of nitro benzene ring substituents is 1. The van der Waals surface area contributed by atoms with Gasteiger partial charge in [0.1, 0.15) is 12.6 Å². The highest BCUT2D eigenvalue weighted by Crippen LogP contribution is 2.23. The summed E-state index contributed by atoms with van der Waals surface area (Å²) in [4.78, 5) is 38.4. The van der Waals surface area contributed by atoms with Gasteiger partial charge >= 0.3 is 6.09 Å². The summed E-state index contributed by atoms with van der Waals surface area (Å²) in [6.07, 6.45) is 2.86. The van der Waals surface area contributed by atoms with E-state index in [0.717, 1.165) is 18.4 Å². The number of cyclic esters (lactones) is 1. The second-order valence-corrected chi connectivity index (χ2v) is 7.66. The van der Waals surface area contributed by atoms with Gasteiger partial charge in [0.2, 0.25) is 5.91 Å². The van der Waals surface area contributed by atoms with Crippen molar-refractivity contribution < 1.29 is 19.2 Å². The number of amides is 2. The van der Waals surface area contributed by atoms with Crippen LogP contribution in [0, 0.1) is 10.1 Å². The third-order valence-electron chi connectivity index (χ3n) is 5.56. The van der Waals surface area contributed by atoms with Crippen LogP contribution in [-0.4, -0.2) is 68.3 Å². The Kier molecular flexibility index (Phi) is 5.39. The largest absolute Gasteiger partial charge is 0.444 e. The molecule has 2 saturated heterocycles. The number of rotatable bonds is 5. The number of hydrogen-bond donors (Lipinski definition) is 0. The molecule has 1 aromatic heterocycles. The highest BCUT2D eigenvalue weighted by Gasteiger charge is 2.36. The van der Waals surface area contributed by atoms with Crippen molar-refractivity contribution in [2.24, 2.45) is 0 Å². The molecule has 2 amide bonds. The van der Waals surface area contributed by atoms with Crippen LogP contribution in [0.25, 0.3) is 11.3 Å². The molecule has 0 saturated carbocycles. The number of benzene rings is 1. The first-order chi connectivity index (χ1) is 14.4. The number of carbonyl (C=O) groups is 2. The maximum atomic E-state index is 12.7. The molecule has 1 unspecified atom stereocenters. The summed E-state index contributed by atoms with van der Waals surface area (Å²) in [5, 5.41) is 15.2. The summed E-state index contributed by atoms with van der Waals surface area (Å²) < 4.78 is 6.77. The van der Waals surface area contributed by atoms with Crippen LogP contribution in [0.4, 0.5) is 10.5 Å². The first kappa shape index (κ1) is 19.9. The lowest BCUT2D eigenvalue weighted by Crippen LogP contribution is -2.47. The number of hydrogen-bond acceptors (Lipinski definition) is 6. The Morgan fingerprint density at radius 2 is 1.93 bits per heavy atom. The maximum absolute atomic E-state index is 12.7. The van der Waals surface area contributed by atoms with E-state index in [4.69, 9.17) is 4.74 Å². The molecule has 0 bridgehead atoms. The zero-order chi connectivity index (χ0) is 21.3. The Morgan fingerprint density at radius 1 is 1.23 bits per heavy atom. The van der Waals surface area contributed by atoms with Crippen molar-refractivity contribution in [2.75, 3.05) is 19.6 Å². The zero-order valence-electron chi connectivity index (χ0n) is 16.6. The summed E-state index contributed by atoms with van der Waals surface area (Å²) in [6.45, 7) is 3.80. The van der Waals surface area contributed by atoms with Crippen LogP contribution in [0.15, 0.2) is 36.5 Å². The molecule has 1 aromatic carbocycles. The Labute approximate surface area is 173 Å². The van der Waals surface area contributed by atoms with Gasteiger partial charge in [-0.05, 0) is 38.0 Å². The molecule has 4 rings (SSSR count). The maximum Gasteiger partial charge on any atom is 0.410 e. The average Bonchev–Trinajstić information content (AvgIpc) is 3.34. The molecule has 3 heterocycles. The topological polar surface area (TPSA) is 111 Å². The summed E-state index contributed by atoms with van der Waals surface area (Å²) in [6, 6.07) is 8.04. The summed E-state index contributed by atoms with van der Waals surface area (Å²) in [5.74, 6) is -0.0239.